The Hall–Kier alpha value is -3.81. The van der Waals surface area contributed by atoms with Crippen molar-refractivity contribution in [1.29, 1.82) is 5.26 Å². The van der Waals surface area contributed by atoms with Crippen molar-refractivity contribution in [3.63, 3.8) is 0 Å². The van der Waals surface area contributed by atoms with Crippen molar-refractivity contribution in [3.05, 3.63) is 83.8 Å². The first-order valence-corrected chi connectivity index (χ1v) is 11.6. The average molecular weight is 466 g/mol. The van der Waals surface area contributed by atoms with Crippen LogP contribution in [0.1, 0.15) is 15.9 Å². The number of pyridine rings is 1. The molecule has 10 heteroatoms. The molecule has 33 heavy (non-hydrogen) atoms. The minimum absolute atomic E-state index is 0.0455. The molecule has 0 radical (unpaired) electrons. The SMILES string of the molecule is N#Cc1ccccc1S(=O)(=O)N1CCN(C(=O)c2cccnc2Nc2ccccc2F)CC1. The molecule has 1 aromatic heterocycles. The molecular weight excluding hydrogens is 445 g/mol. The Labute approximate surface area is 190 Å². The number of anilines is 2. The number of nitrogens with zero attached hydrogens (tertiary/aromatic N) is 4. The van der Waals surface area contributed by atoms with Crippen molar-refractivity contribution in [2.24, 2.45) is 0 Å². The zero-order chi connectivity index (χ0) is 23.4. The van der Waals surface area contributed by atoms with Crippen LogP contribution in [0.15, 0.2) is 71.8 Å². The standard InChI is InChI=1S/C23H20FN5O3S/c24-19-8-2-3-9-20(19)27-22-18(7-5-11-26-22)23(30)28-12-14-29(15-13-28)33(31,32)21-10-4-1-6-17(21)16-25/h1-11H,12-15H2,(H,26,27). The van der Waals surface area contributed by atoms with Crippen molar-refractivity contribution in [3.8, 4) is 6.07 Å². The molecule has 168 valence electrons. The van der Waals surface area contributed by atoms with Crippen LogP contribution in [0.25, 0.3) is 0 Å². The summed E-state index contributed by atoms with van der Waals surface area (Å²) >= 11 is 0. The first-order chi connectivity index (χ1) is 15.9. The third kappa shape index (κ3) is 4.55. The number of para-hydroxylation sites is 1. The molecule has 0 bridgehead atoms. The van der Waals surface area contributed by atoms with Crippen LogP contribution in [-0.4, -0.2) is 54.7 Å². The van der Waals surface area contributed by atoms with Gasteiger partial charge in [0, 0.05) is 32.4 Å². The van der Waals surface area contributed by atoms with Gasteiger partial charge in [-0.3, -0.25) is 4.79 Å². The lowest BCUT2D eigenvalue weighted by Crippen LogP contribution is -2.50. The van der Waals surface area contributed by atoms with E-state index in [1.54, 1.807) is 42.5 Å². The number of nitrogens with one attached hydrogen (secondary N) is 1. The van der Waals surface area contributed by atoms with Gasteiger partial charge in [-0.2, -0.15) is 9.57 Å². The second-order valence-electron chi connectivity index (χ2n) is 7.31. The molecule has 2 heterocycles. The summed E-state index contributed by atoms with van der Waals surface area (Å²) in [5, 5.41) is 12.1. The van der Waals surface area contributed by atoms with E-state index in [2.05, 4.69) is 10.3 Å². The number of carbonyl (C=O) groups is 1. The Balaban J connectivity index is 1.50. The Morgan fingerprint density at radius 1 is 1.00 bits per heavy atom. The van der Waals surface area contributed by atoms with Crippen molar-refractivity contribution in [2.45, 2.75) is 4.90 Å². The first kappa shape index (κ1) is 22.4. The van der Waals surface area contributed by atoms with E-state index in [1.807, 2.05) is 6.07 Å². The van der Waals surface area contributed by atoms with Gasteiger partial charge in [-0.15, -0.1) is 0 Å². The highest BCUT2D eigenvalue weighted by atomic mass is 32.2. The van der Waals surface area contributed by atoms with Crippen molar-refractivity contribution < 1.29 is 17.6 Å². The van der Waals surface area contributed by atoms with Crippen LogP contribution in [-0.2, 0) is 10.0 Å². The van der Waals surface area contributed by atoms with E-state index in [0.717, 1.165) is 0 Å². The fourth-order valence-electron chi connectivity index (χ4n) is 3.59. The number of piperazine rings is 1. The van der Waals surface area contributed by atoms with E-state index < -0.39 is 15.8 Å². The minimum Gasteiger partial charge on any atom is -0.337 e. The third-order valence-corrected chi connectivity index (χ3v) is 7.27. The van der Waals surface area contributed by atoms with Crippen LogP contribution in [0.3, 0.4) is 0 Å². The minimum atomic E-state index is -3.87. The molecule has 1 aliphatic rings. The number of amides is 1. The van der Waals surface area contributed by atoms with Crippen molar-refractivity contribution in [1.82, 2.24) is 14.2 Å². The van der Waals surface area contributed by atoms with Crippen LogP contribution >= 0.6 is 0 Å². The summed E-state index contributed by atoms with van der Waals surface area (Å²) in [5.74, 6) is -0.597. The fraction of sp³-hybridized carbons (Fsp3) is 0.174. The van der Waals surface area contributed by atoms with E-state index >= 15 is 0 Å². The Kier molecular flexibility index (Phi) is 6.35. The Morgan fingerprint density at radius 3 is 2.42 bits per heavy atom. The molecule has 8 nitrogen and oxygen atoms in total. The highest BCUT2D eigenvalue weighted by molar-refractivity contribution is 7.89. The van der Waals surface area contributed by atoms with Gasteiger partial charge in [-0.05, 0) is 36.4 Å². The van der Waals surface area contributed by atoms with Crippen LogP contribution in [0.5, 0.6) is 0 Å². The fourth-order valence-corrected chi connectivity index (χ4v) is 5.16. The zero-order valence-electron chi connectivity index (χ0n) is 17.5. The lowest BCUT2D eigenvalue weighted by molar-refractivity contribution is 0.0698. The van der Waals surface area contributed by atoms with E-state index in [0.29, 0.717) is 0 Å². The lowest BCUT2D eigenvalue weighted by Gasteiger charge is -2.34. The van der Waals surface area contributed by atoms with Gasteiger partial charge in [-0.25, -0.2) is 17.8 Å². The molecule has 1 amide bonds. The zero-order valence-corrected chi connectivity index (χ0v) is 18.3. The first-order valence-electron chi connectivity index (χ1n) is 10.2. The predicted octanol–water partition coefficient (Wildman–Crippen LogP) is 2.98. The van der Waals surface area contributed by atoms with Crippen molar-refractivity contribution >= 4 is 27.4 Å². The number of rotatable bonds is 5. The van der Waals surface area contributed by atoms with E-state index in [4.69, 9.17) is 0 Å². The van der Waals surface area contributed by atoms with Crippen molar-refractivity contribution in [2.75, 3.05) is 31.5 Å². The number of benzene rings is 2. The molecular formula is C23H20FN5O3S. The number of hydrogen-bond acceptors (Lipinski definition) is 6. The number of hydrogen-bond donors (Lipinski definition) is 1. The van der Waals surface area contributed by atoms with Gasteiger partial charge in [-0.1, -0.05) is 24.3 Å². The topological polar surface area (TPSA) is 106 Å². The third-order valence-electron chi connectivity index (χ3n) is 5.32. The highest BCUT2D eigenvalue weighted by Gasteiger charge is 2.32. The normalized spacial score (nSPS) is 14.5. The molecule has 4 rings (SSSR count). The summed E-state index contributed by atoms with van der Waals surface area (Å²) < 4.78 is 41.4. The highest BCUT2D eigenvalue weighted by Crippen LogP contribution is 2.24. The van der Waals surface area contributed by atoms with Gasteiger partial charge in [0.15, 0.2) is 0 Å². The quantitative estimate of drug-likeness (QED) is 0.621. The maximum Gasteiger partial charge on any atom is 0.257 e. The summed E-state index contributed by atoms with van der Waals surface area (Å²) in [6.45, 7) is 0.510. The summed E-state index contributed by atoms with van der Waals surface area (Å²) in [5.41, 5.74) is 0.527. The Bertz CT molecular complexity index is 1330. The van der Waals surface area contributed by atoms with Gasteiger partial charge < -0.3 is 10.2 Å². The summed E-state index contributed by atoms with van der Waals surface area (Å²) in [6.07, 6.45) is 1.50. The van der Waals surface area contributed by atoms with Gasteiger partial charge >= 0.3 is 0 Å². The number of sulfonamides is 1. The average Bonchev–Trinajstić information content (AvgIpc) is 2.85. The largest absolute Gasteiger partial charge is 0.337 e. The molecule has 0 saturated carbocycles. The number of aromatic nitrogens is 1. The Morgan fingerprint density at radius 2 is 1.70 bits per heavy atom. The summed E-state index contributed by atoms with van der Waals surface area (Å²) in [7, 11) is -3.87. The lowest BCUT2D eigenvalue weighted by atomic mass is 10.2. The smallest absolute Gasteiger partial charge is 0.257 e. The van der Waals surface area contributed by atoms with Crippen LogP contribution in [0.4, 0.5) is 15.9 Å². The van der Waals surface area contributed by atoms with Gasteiger partial charge in [0.25, 0.3) is 5.91 Å². The maximum absolute atomic E-state index is 14.0. The molecule has 2 aromatic carbocycles. The maximum atomic E-state index is 14.0. The van der Waals surface area contributed by atoms with Gasteiger partial charge in [0.2, 0.25) is 10.0 Å². The van der Waals surface area contributed by atoms with Crippen LogP contribution in [0, 0.1) is 17.1 Å². The molecule has 1 saturated heterocycles. The molecule has 0 atom stereocenters. The monoisotopic (exact) mass is 465 g/mol. The van der Waals surface area contributed by atoms with Crippen LogP contribution < -0.4 is 5.32 Å². The summed E-state index contributed by atoms with van der Waals surface area (Å²) in [4.78, 5) is 18.8. The molecule has 1 fully saturated rings. The number of halogens is 1. The molecule has 1 N–H and O–H groups in total. The van der Waals surface area contributed by atoms with E-state index in [-0.39, 0.29) is 59.6 Å². The second-order valence-corrected chi connectivity index (χ2v) is 9.22. The summed E-state index contributed by atoms with van der Waals surface area (Å²) in [6, 6.07) is 17.2. The van der Waals surface area contributed by atoms with Gasteiger partial charge in [0.05, 0.1) is 21.7 Å². The molecule has 1 aliphatic heterocycles. The molecule has 0 spiro atoms. The second kappa shape index (κ2) is 9.36. The number of carbonyl (C=O) groups excluding carboxylic acids is 1. The molecule has 0 unspecified atom stereocenters. The van der Waals surface area contributed by atoms with Crippen LogP contribution in [0.2, 0.25) is 0 Å². The molecule has 0 aliphatic carbocycles. The predicted molar refractivity (Wildman–Crippen MR) is 120 cm³/mol. The van der Waals surface area contributed by atoms with E-state index in [1.165, 1.54) is 33.6 Å². The molecule has 3 aromatic rings. The number of nitriles is 1. The van der Waals surface area contributed by atoms with E-state index in [9.17, 15) is 22.9 Å². The van der Waals surface area contributed by atoms with Gasteiger partial charge in [0.1, 0.15) is 17.7 Å².